The highest BCUT2D eigenvalue weighted by Crippen LogP contribution is 2.01. The molecule has 0 bridgehead atoms. The van der Waals surface area contributed by atoms with Crippen molar-refractivity contribution in [2.24, 2.45) is 0 Å². The average molecular weight is 272 g/mol. The van der Waals surface area contributed by atoms with Gasteiger partial charge in [-0.25, -0.2) is 0 Å². The normalized spacial score (nSPS) is 10.0. The second kappa shape index (κ2) is 7.13. The molecule has 20 heavy (non-hydrogen) atoms. The minimum absolute atomic E-state index is 0.152. The van der Waals surface area contributed by atoms with Gasteiger partial charge in [-0.05, 0) is 17.7 Å². The van der Waals surface area contributed by atoms with Gasteiger partial charge in [0.05, 0.1) is 6.42 Å². The maximum Gasteiger partial charge on any atom is 0.307 e. The van der Waals surface area contributed by atoms with Gasteiger partial charge in [-0.3, -0.25) is 9.59 Å². The quantitative estimate of drug-likeness (QED) is 0.789. The molecule has 0 atom stereocenters. The lowest BCUT2D eigenvalue weighted by Gasteiger charge is -2.06. The van der Waals surface area contributed by atoms with Gasteiger partial charge < -0.3 is 15.0 Å². The van der Waals surface area contributed by atoms with Crippen molar-refractivity contribution in [1.82, 2.24) is 10.3 Å². The number of rotatable bonds is 6. The molecule has 2 aromatic rings. The molecule has 0 saturated heterocycles. The Labute approximate surface area is 117 Å². The van der Waals surface area contributed by atoms with E-state index in [0.29, 0.717) is 5.69 Å². The lowest BCUT2D eigenvalue weighted by molar-refractivity contribution is -0.144. The van der Waals surface area contributed by atoms with E-state index in [1.54, 1.807) is 18.3 Å². The van der Waals surface area contributed by atoms with Crippen molar-refractivity contribution in [2.45, 2.75) is 13.0 Å². The summed E-state index contributed by atoms with van der Waals surface area (Å²) in [6, 6.07) is 12.9. The Morgan fingerprint density at radius 3 is 2.60 bits per heavy atom. The molecule has 0 aliphatic carbocycles. The topological polar surface area (TPSA) is 71.2 Å². The van der Waals surface area contributed by atoms with E-state index < -0.39 is 0 Å². The van der Waals surface area contributed by atoms with Crippen LogP contribution in [0.1, 0.15) is 22.5 Å². The maximum atomic E-state index is 11.6. The van der Waals surface area contributed by atoms with Gasteiger partial charge in [-0.15, -0.1) is 0 Å². The Hall–Kier alpha value is -2.56. The number of benzene rings is 1. The smallest absolute Gasteiger partial charge is 0.307 e. The molecule has 0 saturated carbocycles. The minimum atomic E-state index is -0.333. The largest absolute Gasteiger partial charge is 0.461 e. The van der Waals surface area contributed by atoms with Gasteiger partial charge in [0.2, 0.25) is 0 Å². The minimum Gasteiger partial charge on any atom is -0.461 e. The summed E-state index contributed by atoms with van der Waals surface area (Å²) in [5.41, 5.74) is 1.42. The van der Waals surface area contributed by atoms with Crippen LogP contribution in [0.5, 0.6) is 0 Å². The highest BCUT2D eigenvalue weighted by atomic mass is 16.5. The van der Waals surface area contributed by atoms with Gasteiger partial charge in [-0.1, -0.05) is 30.3 Å². The van der Waals surface area contributed by atoms with Gasteiger partial charge in [0.25, 0.3) is 5.91 Å². The summed E-state index contributed by atoms with van der Waals surface area (Å²) in [7, 11) is 0. The van der Waals surface area contributed by atoms with Crippen molar-refractivity contribution in [1.29, 1.82) is 0 Å². The first-order valence-electron chi connectivity index (χ1n) is 6.37. The molecule has 1 heterocycles. The van der Waals surface area contributed by atoms with Crippen molar-refractivity contribution in [3.63, 3.8) is 0 Å². The van der Waals surface area contributed by atoms with E-state index >= 15 is 0 Å². The van der Waals surface area contributed by atoms with E-state index in [1.807, 2.05) is 30.3 Å². The van der Waals surface area contributed by atoms with Crippen molar-refractivity contribution in [3.8, 4) is 0 Å². The van der Waals surface area contributed by atoms with Gasteiger partial charge in [-0.2, -0.15) is 0 Å². The number of carbonyl (C=O) groups excluding carboxylic acids is 2. The molecule has 5 nitrogen and oxygen atoms in total. The monoisotopic (exact) mass is 272 g/mol. The molecule has 0 aliphatic heterocycles. The van der Waals surface area contributed by atoms with Gasteiger partial charge in [0.1, 0.15) is 12.3 Å². The van der Waals surface area contributed by atoms with Crippen LogP contribution in [0.2, 0.25) is 0 Å². The molecule has 1 aromatic carbocycles. The fourth-order valence-electron chi connectivity index (χ4n) is 1.66. The van der Waals surface area contributed by atoms with E-state index in [-0.39, 0.29) is 31.4 Å². The molecule has 0 unspecified atom stereocenters. The number of aromatic nitrogens is 1. The molecular formula is C15H16N2O3. The Morgan fingerprint density at radius 1 is 1.10 bits per heavy atom. The van der Waals surface area contributed by atoms with Gasteiger partial charge in [0, 0.05) is 12.7 Å². The number of aromatic amines is 1. The highest BCUT2D eigenvalue weighted by Gasteiger charge is 2.07. The first-order chi connectivity index (χ1) is 9.75. The van der Waals surface area contributed by atoms with Crippen LogP contribution >= 0.6 is 0 Å². The number of hydrogen-bond donors (Lipinski definition) is 2. The molecule has 0 radical (unpaired) electrons. The van der Waals surface area contributed by atoms with Crippen LogP contribution in [0.4, 0.5) is 0 Å². The molecule has 2 rings (SSSR count). The van der Waals surface area contributed by atoms with Crippen LogP contribution in [-0.4, -0.2) is 23.4 Å². The van der Waals surface area contributed by atoms with Crippen LogP contribution in [0.25, 0.3) is 0 Å². The SMILES string of the molecule is O=C(CCNC(=O)c1ccc[nH]1)OCc1ccccc1. The van der Waals surface area contributed by atoms with Crippen molar-refractivity contribution in [3.05, 3.63) is 59.9 Å². The number of ether oxygens (including phenoxy) is 1. The van der Waals surface area contributed by atoms with Gasteiger partial charge in [0.15, 0.2) is 0 Å². The third-order valence-corrected chi connectivity index (χ3v) is 2.70. The standard InChI is InChI=1S/C15H16N2O3/c18-14(20-11-12-5-2-1-3-6-12)8-10-17-15(19)13-7-4-9-16-13/h1-7,9,16H,8,10-11H2,(H,17,19). The fraction of sp³-hybridized carbons (Fsp3) is 0.200. The number of amides is 1. The fourth-order valence-corrected chi connectivity index (χ4v) is 1.66. The van der Waals surface area contributed by atoms with Crippen molar-refractivity contribution >= 4 is 11.9 Å². The van der Waals surface area contributed by atoms with Crippen molar-refractivity contribution < 1.29 is 14.3 Å². The Kier molecular flexibility index (Phi) is 4.94. The predicted molar refractivity (Wildman–Crippen MR) is 74.0 cm³/mol. The molecule has 5 heteroatoms. The van der Waals surface area contributed by atoms with Crippen molar-refractivity contribution in [2.75, 3.05) is 6.54 Å². The number of hydrogen-bond acceptors (Lipinski definition) is 3. The summed E-state index contributed by atoms with van der Waals surface area (Å²) >= 11 is 0. The zero-order chi connectivity index (χ0) is 14.2. The van der Waals surface area contributed by atoms with E-state index in [2.05, 4.69) is 10.3 Å². The zero-order valence-corrected chi connectivity index (χ0v) is 11.0. The molecule has 0 aliphatic rings. The van der Waals surface area contributed by atoms with Crippen LogP contribution in [-0.2, 0) is 16.1 Å². The average Bonchev–Trinajstić information content (AvgIpc) is 3.00. The summed E-state index contributed by atoms with van der Waals surface area (Å²) in [4.78, 5) is 25.9. The molecular weight excluding hydrogens is 256 g/mol. The molecule has 1 amide bonds. The third-order valence-electron chi connectivity index (χ3n) is 2.70. The molecule has 2 N–H and O–H groups in total. The summed E-state index contributed by atoms with van der Waals surface area (Å²) in [6.45, 7) is 0.510. The summed E-state index contributed by atoms with van der Waals surface area (Å²) in [5.74, 6) is -0.563. The third kappa shape index (κ3) is 4.28. The maximum absolute atomic E-state index is 11.6. The van der Waals surface area contributed by atoms with E-state index in [9.17, 15) is 9.59 Å². The Balaban J connectivity index is 1.64. The zero-order valence-electron chi connectivity index (χ0n) is 11.0. The van der Waals surface area contributed by atoms with Crippen LogP contribution < -0.4 is 5.32 Å². The number of esters is 1. The Morgan fingerprint density at radius 2 is 1.90 bits per heavy atom. The molecule has 104 valence electrons. The highest BCUT2D eigenvalue weighted by molar-refractivity contribution is 5.92. The van der Waals surface area contributed by atoms with E-state index in [4.69, 9.17) is 4.74 Å². The Bertz CT molecular complexity index is 550. The molecule has 1 aromatic heterocycles. The summed E-state index contributed by atoms with van der Waals surface area (Å²) < 4.78 is 5.10. The first kappa shape index (κ1) is 13.9. The lowest BCUT2D eigenvalue weighted by Crippen LogP contribution is -2.26. The molecule has 0 fully saturated rings. The van der Waals surface area contributed by atoms with Gasteiger partial charge >= 0.3 is 5.97 Å². The number of nitrogens with one attached hydrogen (secondary N) is 2. The summed E-state index contributed by atoms with van der Waals surface area (Å²) in [6.07, 6.45) is 1.82. The molecule has 0 spiro atoms. The van der Waals surface area contributed by atoms with E-state index in [0.717, 1.165) is 5.56 Å². The van der Waals surface area contributed by atoms with Crippen LogP contribution in [0, 0.1) is 0 Å². The summed E-state index contributed by atoms with van der Waals surface area (Å²) in [5, 5.41) is 2.64. The number of carbonyl (C=O) groups is 2. The van der Waals surface area contributed by atoms with E-state index in [1.165, 1.54) is 0 Å². The second-order valence-electron chi connectivity index (χ2n) is 4.24. The van der Waals surface area contributed by atoms with Crippen LogP contribution in [0.3, 0.4) is 0 Å². The van der Waals surface area contributed by atoms with Crippen LogP contribution in [0.15, 0.2) is 48.7 Å². The lowest BCUT2D eigenvalue weighted by atomic mass is 10.2. The first-order valence-corrected chi connectivity index (χ1v) is 6.37. The predicted octanol–water partition coefficient (Wildman–Crippen LogP) is 1.88. The second-order valence-corrected chi connectivity index (χ2v) is 4.24. The number of H-pyrrole nitrogens is 1.